The van der Waals surface area contributed by atoms with Crippen LogP contribution in [0.4, 0.5) is 5.82 Å². The van der Waals surface area contributed by atoms with Crippen LogP contribution >= 0.6 is 11.3 Å². The van der Waals surface area contributed by atoms with Crippen LogP contribution in [0.2, 0.25) is 0 Å². The molecule has 0 bridgehead atoms. The zero-order valence-corrected chi connectivity index (χ0v) is 15.0. The third-order valence-electron chi connectivity index (χ3n) is 4.80. The SMILES string of the molecule is CCN1CCN(c2ncnc3scc(-c4cccc(C)c4)c23)CC1. The molecule has 3 heterocycles. The van der Waals surface area contributed by atoms with Crippen molar-refractivity contribution in [3.8, 4) is 11.1 Å². The van der Waals surface area contributed by atoms with Crippen molar-refractivity contribution in [3.05, 3.63) is 41.5 Å². The van der Waals surface area contributed by atoms with Crippen LogP contribution in [0.15, 0.2) is 36.0 Å². The Bertz CT molecular complexity index is 849. The Morgan fingerprint density at radius 3 is 2.71 bits per heavy atom. The molecule has 1 aromatic carbocycles. The number of aromatic nitrogens is 2. The van der Waals surface area contributed by atoms with Gasteiger partial charge in [0.2, 0.25) is 0 Å². The van der Waals surface area contributed by atoms with Crippen LogP contribution in [0.5, 0.6) is 0 Å². The normalized spacial score (nSPS) is 16.0. The van der Waals surface area contributed by atoms with Gasteiger partial charge >= 0.3 is 0 Å². The average molecular weight is 338 g/mol. The van der Waals surface area contributed by atoms with Crippen LogP contribution < -0.4 is 4.90 Å². The lowest BCUT2D eigenvalue weighted by atomic mass is 10.0. The summed E-state index contributed by atoms with van der Waals surface area (Å²) in [7, 11) is 0. The van der Waals surface area contributed by atoms with E-state index in [-0.39, 0.29) is 0 Å². The molecule has 1 fully saturated rings. The molecule has 0 atom stereocenters. The number of anilines is 1. The maximum Gasteiger partial charge on any atom is 0.141 e. The second-order valence-corrected chi connectivity index (χ2v) is 7.18. The number of fused-ring (bicyclic) bond motifs is 1. The Labute approximate surface area is 146 Å². The zero-order valence-electron chi connectivity index (χ0n) is 14.2. The summed E-state index contributed by atoms with van der Waals surface area (Å²) in [5.41, 5.74) is 3.79. The highest BCUT2D eigenvalue weighted by molar-refractivity contribution is 7.17. The summed E-state index contributed by atoms with van der Waals surface area (Å²) < 4.78 is 0. The fourth-order valence-corrected chi connectivity index (χ4v) is 4.31. The van der Waals surface area contributed by atoms with E-state index in [4.69, 9.17) is 0 Å². The first-order valence-corrected chi connectivity index (χ1v) is 9.40. The molecule has 2 aromatic heterocycles. The van der Waals surface area contributed by atoms with Crippen molar-refractivity contribution in [3.63, 3.8) is 0 Å². The number of benzene rings is 1. The first-order chi connectivity index (χ1) is 11.8. The molecule has 1 aliphatic rings. The number of nitrogens with zero attached hydrogens (tertiary/aromatic N) is 4. The Hall–Kier alpha value is -1.98. The van der Waals surface area contributed by atoms with Crippen molar-refractivity contribution in [2.45, 2.75) is 13.8 Å². The van der Waals surface area contributed by atoms with Crippen LogP contribution in [0.3, 0.4) is 0 Å². The number of hydrogen-bond acceptors (Lipinski definition) is 5. The lowest BCUT2D eigenvalue weighted by molar-refractivity contribution is 0.271. The van der Waals surface area contributed by atoms with Gasteiger partial charge in [-0.2, -0.15) is 0 Å². The van der Waals surface area contributed by atoms with Gasteiger partial charge in [-0.05, 0) is 19.0 Å². The third-order valence-corrected chi connectivity index (χ3v) is 5.68. The maximum absolute atomic E-state index is 4.67. The van der Waals surface area contributed by atoms with Crippen molar-refractivity contribution in [2.75, 3.05) is 37.6 Å². The van der Waals surface area contributed by atoms with E-state index >= 15 is 0 Å². The predicted molar refractivity (Wildman–Crippen MR) is 102 cm³/mol. The molecule has 0 N–H and O–H groups in total. The number of likely N-dealkylation sites (N-methyl/N-ethyl adjacent to an activating group) is 1. The molecule has 1 saturated heterocycles. The fourth-order valence-electron chi connectivity index (χ4n) is 3.40. The molecule has 0 saturated carbocycles. The Kier molecular flexibility index (Phi) is 4.21. The van der Waals surface area contributed by atoms with E-state index in [1.807, 2.05) is 0 Å². The number of hydrogen-bond donors (Lipinski definition) is 0. The molecule has 4 nitrogen and oxygen atoms in total. The lowest BCUT2D eigenvalue weighted by Crippen LogP contribution is -2.46. The molecular weight excluding hydrogens is 316 g/mol. The van der Waals surface area contributed by atoms with Crippen LogP contribution in [0.25, 0.3) is 21.3 Å². The molecule has 0 amide bonds. The summed E-state index contributed by atoms with van der Waals surface area (Å²) in [6, 6.07) is 8.69. The van der Waals surface area contributed by atoms with Crippen LogP contribution in [0.1, 0.15) is 12.5 Å². The monoisotopic (exact) mass is 338 g/mol. The minimum atomic E-state index is 1.03. The minimum absolute atomic E-state index is 1.03. The first-order valence-electron chi connectivity index (χ1n) is 8.53. The lowest BCUT2D eigenvalue weighted by Gasteiger charge is -2.35. The van der Waals surface area contributed by atoms with Crippen molar-refractivity contribution < 1.29 is 0 Å². The minimum Gasteiger partial charge on any atom is -0.353 e. The number of rotatable bonds is 3. The number of thiophene rings is 1. The quantitative estimate of drug-likeness (QED) is 0.727. The highest BCUT2D eigenvalue weighted by Crippen LogP contribution is 2.38. The van der Waals surface area contributed by atoms with E-state index in [1.54, 1.807) is 17.7 Å². The van der Waals surface area contributed by atoms with Crippen LogP contribution in [-0.2, 0) is 0 Å². The Morgan fingerprint density at radius 2 is 1.96 bits per heavy atom. The van der Waals surface area contributed by atoms with Gasteiger partial charge in [-0.3, -0.25) is 0 Å². The largest absolute Gasteiger partial charge is 0.353 e. The van der Waals surface area contributed by atoms with Crippen molar-refractivity contribution >= 4 is 27.4 Å². The van der Waals surface area contributed by atoms with Gasteiger partial charge in [0, 0.05) is 37.1 Å². The molecule has 5 heteroatoms. The maximum atomic E-state index is 4.67. The molecule has 1 aliphatic heterocycles. The van der Waals surface area contributed by atoms with E-state index in [0.717, 1.165) is 43.4 Å². The highest BCUT2D eigenvalue weighted by Gasteiger charge is 2.21. The third kappa shape index (κ3) is 2.78. The standard InChI is InChI=1S/C19H22N4S/c1-3-22-7-9-23(10-8-22)18-17-16(12-24-19(17)21-13-20-18)15-6-4-5-14(2)11-15/h4-6,11-13H,3,7-10H2,1-2H3. The van der Waals surface area contributed by atoms with Gasteiger partial charge in [0.05, 0.1) is 5.39 Å². The molecule has 0 aliphatic carbocycles. The van der Waals surface area contributed by atoms with E-state index in [1.165, 1.54) is 22.1 Å². The summed E-state index contributed by atoms with van der Waals surface area (Å²) in [5, 5.41) is 3.43. The summed E-state index contributed by atoms with van der Waals surface area (Å²) >= 11 is 1.71. The van der Waals surface area contributed by atoms with Crippen LogP contribution in [0, 0.1) is 6.92 Å². The fraction of sp³-hybridized carbons (Fsp3) is 0.368. The second-order valence-electron chi connectivity index (χ2n) is 6.32. The van der Waals surface area contributed by atoms with Gasteiger partial charge in [-0.15, -0.1) is 11.3 Å². The first kappa shape index (κ1) is 15.5. The molecule has 0 spiro atoms. The summed E-state index contributed by atoms with van der Waals surface area (Å²) in [6.07, 6.45) is 1.71. The van der Waals surface area contributed by atoms with Crippen LogP contribution in [-0.4, -0.2) is 47.6 Å². The van der Waals surface area contributed by atoms with E-state index in [2.05, 4.69) is 63.3 Å². The van der Waals surface area contributed by atoms with Gasteiger partial charge in [0.25, 0.3) is 0 Å². The summed E-state index contributed by atoms with van der Waals surface area (Å²) in [5.74, 6) is 1.09. The van der Waals surface area contributed by atoms with E-state index < -0.39 is 0 Å². The van der Waals surface area contributed by atoms with Crippen molar-refractivity contribution in [1.29, 1.82) is 0 Å². The van der Waals surface area contributed by atoms with Gasteiger partial charge in [-0.1, -0.05) is 36.8 Å². The van der Waals surface area contributed by atoms with Gasteiger partial charge in [0.1, 0.15) is 17.0 Å². The number of piperazine rings is 1. The van der Waals surface area contributed by atoms with Crippen molar-refractivity contribution in [2.24, 2.45) is 0 Å². The zero-order chi connectivity index (χ0) is 16.5. The second kappa shape index (κ2) is 6.49. The number of aryl methyl sites for hydroxylation is 1. The predicted octanol–water partition coefficient (Wildman–Crippen LogP) is 3.81. The Morgan fingerprint density at radius 1 is 1.12 bits per heavy atom. The highest BCUT2D eigenvalue weighted by atomic mass is 32.1. The molecule has 3 aromatic rings. The summed E-state index contributed by atoms with van der Waals surface area (Å²) in [6.45, 7) is 9.76. The Balaban J connectivity index is 1.78. The topological polar surface area (TPSA) is 32.3 Å². The molecule has 0 radical (unpaired) electrons. The van der Waals surface area contributed by atoms with E-state index in [0.29, 0.717) is 0 Å². The molecule has 124 valence electrons. The van der Waals surface area contributed by atoms with E-state index in [9.17, 15) is 0 Å². The molecule has 0 unspecified atom stereocenters. The van der Waals surface area contributed by atoms with Gasteiger partial charge in [-0.25, -0.2) is 9.97 Å². The molecular formula is C19H22N4S. The van der Waals surface area contributed by atoms with Gasteiger partial charge in [0.15, 0.2) is 0 Å². The van der Waals surface area contributed by atoms with Crippen molar-refractivity contribution in [1.82, 2.24) is 14.9 Å². The van der Waals surface area contributed by atoms with Gasteiger partial charge < -0.3 is 9.80 Å². The average Bonchev–Trinajstić information content (AvgIpc) is 3.06. The summed E-state index contributed by atoms with van der Waals surface area (Å²) in [4.78, 5) is 15.2. The molecule has 4 rings (SSSR count). The molecule has 24 heavy (non-hydrogen) atoms. The smallest absolute Gasteiger partial charge is 0.141 e.